The Morgan fingerprint density at radius 2 is 1.85 bits per heavy atom. The number of benzene rings is 2. The number of nitrogens with zero attached hydrogens (tertiary/aromatic N) is 2. The van der Waals surface area contributed by atoms with Crippen LogP contribution in [0.2, 0.25) is 5.02 Å². The van der Waals surface area contributed by atoms with Crippen molar-refractivity contribution in [2.24, 2.45) is 0 Å². The van der Waals surface area contributed by atoms with Crippen LogP contribution >= 0.6 is 11.6 Å². The number of halogens is 1. The van der Waals surface area contributed by atoms with E-state index in [2.05, 4.69) is 10.4 Å². The SMILES string of the molecule is O=C(Nc1cc2c(cc1Cl)OCO2)c1cc(C2CC2)nn1-c1ccccc1. The minimum absolute atomic E-state index is 0.147. The highest BCUT2D eigenvalue weighted by atomic mass is 35.5. The van der Waals surface area contributed by atoms with Gasteiger partial charge in [0.1, 0.15) is 5.69 Å². The van der Waals surface area contributed by atoms with Crippen molar-refractivity contribution in [1.82, 2.24) is 9.78 Å². The molecule has 1 aromatic heterocycles. The lowest BCUT2D eigenvalue weighted by Crippen LogP contribution is -2.17. The van der Waals surface area contributed by atoms with Crippen molar-refractivity contribution in [3.63, 3.8) is 0 Å². The lowest BCUT2D eigenvalue weighted by molar-refractivity contribution is 0.101. The van der Waals surface area contributed by atoms with E-state index in [1.165, 1.54) is 0 Å². The molecule has 0 atom stereocenters. The molecule has 27 heavy (non-hydrogen) atoms. The molecule has 1 amide bonds. The maximum atomic E-state index is 13.0. The van der Waals surface area contributed by atoms with E-state index in [1.54, 1.807) is 16.8 Å². The molecule has 5 rings (SSSR count). The fraction of sp³-hybridized carbons (Fsp3) is 0.200. The lowest BCUT2D eigenvalue weighted by Gasteiger charge is -2.10. The van der Waals surface area contributed by atoms with Crippen LogP contribution in [-0.2, 0) is 0 Å². The first-order chi connectivity index (χ1) is 13.2. The molecule has 0 unspecified atom stereocenters. The van der Waals surface area contributed by atoms with Gasteiger partial charge >= 0.3 is 0 Å². The van der Waals surface area contributed by atoms with Gasteiger partial charge in [0, 0.05) is 18.1 Å². The molecule has 2 heterocycles. The molecule has 0 bridgehead atoms. The molecule has 1 fully saturated rings. The number of hydrogen-bond acceptors (Lipinski definition) is 4. The van der Waals surface area contributed by atoms with E-state index in [9.17, 15) is 4.79 Å². The second kappa shape index (κ2) is 6.32. The number of para-hydroxylation sites is 1. The topological polar surface area (TPSA) is 65.4 Å². The zero-order valence-corrected chi connectivity index (χ0v) is 15.1. The van der Waals surface area contributed by atoms with E-state index in [-0.39, 0.29) is 12.7 Å². The van der Waals surface area contributed by atoms with E-state index in [0.29, 0.717) is 33.8 Å². The van der Waals surface area contributed by atoms with Crippen molar-refractivity contribution in [3.05, 3.63) is 64.9 Å². The van der Waals surface area contributed by atoms with E-state index >= 15 is 0 Å². The van der Waals surface area contributed by atoms with Crippen LogP contribution in [0.3, 0.4) is 0 Å². The van der Waals surface area contributed by atoms with Crippen LogP contribution in [0.4, 0.5) is 5.69 Å². The van der Waals surface area contributed by atoms with Gasteiger partial charge in [0.15, 0.2) is 11.5 Å². The molecule has 0 saturated heterocycles. The van der Waals surface area contributed by atoms with Crippen molar-refractivity contribution < 1.29 is 14.3 Å². The van der Waals surface area contributed by atoms with Gasteiger partial charge in [-0.1, -0.05) is 29.8 Å². The number of carbonyl (C=O) groups is 1. The average Bonchev–Trinajstić information content (AvgIpc) is 3.27. The molecule has 2 aromatic carbocycles. The Hall–Kier alpha value is -2.99. The predicted molar refractivity (Wildman–Crippen MR) is 101 cm³/mol. The summed E-state index contributed by atoms with van der Waals surface area (Å²) in [6.07, 6.45) is 2.22. The summed E-state index contributed by atoms with van der Waals surface area (Å²) >= 11 is 6.29. The molecule has 1 aliphatic carbocycles. The summed E-state index contributed by atoms with van der Waals surface area (Å²) in [5.74, 6) is 1.29. The van der Waals surface area contributed by atoms with Crippen molar-refractivity contribution in [2.45, 2.75) is 18.8 Å². The molecular formula is C20H16ClN3O3. The summed E-state index contributed by atoms with van der Waals surface area (Å²) in [4.78, 5) is 13.0. The standard InChI is InChI=1S/C20H16ClN3O3/c21-14-8-18-19(27-11-26-18)10-16(14)22-20(25)17-9-15(12-6-7-12)23-24(17)13-4-2-1-3-5-13/h1-5,8-10,12H,6-7,11H2,(H,22,25). The monoisotopic (exact) mass is 381 g/mol. The van der Waals surface area contributed by atoms with Gasteiger partial charge in [-0.2, -0.15) is 5.10 Å². The van der Waals surface area contributed by atoms with Gasteiger partial charge in [0.05, 0.1) is 22.1 Å². The van der Waals surface area contributed by atoms with Gasteiger partial charge in [-0.25, -0.2) is 4.68 Å². The highest BCUT2D eigenvalue weighted by Gasteiger charge is 2.29. The first-order valence-electron chi connectivity index (χ1n) is 8.75. The third kappa shape index (κ3) is 3.02. The number of fused-ring (bicyclic) bond motifs is 1. The maximum absolute atomic E-state index is 13.0. The number of amides is 1. The quantitative estimate of drug-likeness (QED) is 0.728. The highest BCUT2D eigenvalue weighted by Crippen LogP contribution is 2.41. The largest absolute Gasteiger partial charge is 0.454 e. The molecule has 7 heteroatoms. The summed E-state index contributed by atoms with van der Waals surface area (Å²) in [7, 11) is 0. The Kier molecular flexibility index (Phi) is 3.79. The molecule has 1 aliphatic heterocycles. The molecular weight excluding hydrogens is 366 g/mol. The van der Waals surface area contributed by atoms with Crippen molar-refractivity contribution >= 4 is 23.2 Å². The third-order valence-corrected chi connectivity index (χ3v) is 4.98. The number of nitrogens with one attached hydrogen (secondary N) is 1. The Bertz CT molecular complexity index is 1030. The second-order valence-corrected chi connectivity index (χ2v) is 7.02. The number of rotatable bonds is 4. The Labute approximate surface area is 160 Å². The Morgan fingerprint density at radius 3 is 2.59 bits per heavy atom. The number of anilines is 1. The van der Waals surface area contributed by atoms with E-state index in [0.717, 1.165) is 24.2 Å². The fourth-order valence-corrected chi connectivity index (χ4v) is 3.31. The Balaban J connectivity index is 1.50. The van der Waals surface area contributed by atoms with Crippen molar-refractivity contribution in [1.29, 1.82) is 0 Å². The normalized spacial score (nSPS) is 15.0. The van der Waals surface area contributed by atoms with Crippen LogP contribution in [0.15, 0.2) is 48.5 Å². The van der Waals surface area contributed by atoms with Gasteiger partial charge in [-0.05, 0) is 31.0 Å². The van der Waals surface area contributed by atoms with Crippen LogP contribution in [0.5, 0.6) is 11.5 Å². The van der Waals surface area contributed by atoms with Crippen LogP contribution in [0.25, 0.3) is 5.69 Å². The molecule has 1 saturated carbocycles. The van der Waals surface area contributed by atoms with Crippen molar-refractivity contribution in [3.8, 4) is 17.2 Å². The van der Waals surface area contributed by atoms with Gasteiger partial charge in [-0.3, -0.25) is 4.79 Å². The highest BCUT2D eigenvalue weighted by molar-refractivity contribution is 6.34. The number of aromatic nitrogens is 2. The van der Waals surface area contributed by atoms with Gasteiger partial charge < -0.3 is 14.8 Å². The molecule has 2 aliphatic rings. The first-order valence-corrected chi connectivity index (χ1v) is 9.13. The summed E-state index contributed by atoms with van der Waals surface area (Å²) < 4.78 is 12.4. The predicted octanol–water partition coefficient (Wildman–Crippen LogP) is 4.38. The molecule has 0 spiro atoms. The summed E-state index contributed by atoms with van der Waals surface area (Å²) in [5.41, 5.74) is 2.73. The minimum Gasteiger partial charge on any atom is -0.454 e. The molecule has 1 N–H and O–H groups in total. The summed E-state index contributed by atoms with van der Waals surface area (Å²) in [5, 5.41) is 7.92. The van der Waals surface area contributed by atoms with Crippen LogP contribution in [0, 0.1) is 0 Å². The Morgan fingerprint density at radius 1 is 1.11 bits per heavy atom. The molecule has 0 radical (unpaired) electrons. The third-order valence-electron chi connectivity index (χ3n) is 4.67. The smallest absolute Gasteiger partial charge is 0.274 e. The zero-order chi connectivity index (χ0) is 18.4. The summed E-state index contributed by atoms with van der Waals surface area (Å²) in [6.45, 7) is 0.147. The van der Waals surface area contributed by atoms with E-state index in [4.69, 9.17) is 21.1 Å². The maximum Gasteiger partial charge on any atom is 0.274 e. The van der Waals surface area contributed by atoms with Crippen LogP contribution < -0.4 is 14.8 Å². The number of hydrogen-bond donors (Lipinski definition) is 1. The number of carbonyl (C=O) groups excluding carboxylic acids is 1. The fourth-order valence-electron chi connectivity index (χ4n) is 3.11. The number of ether oxygens (including phenoxy) is 2. The minimum atomic E-state index is -0.279. The van der Waals surface area contributed by atoms with Crippen LogP contribution in [0.1, 0.15) is 34.9 Å². The molecule has 6 nitrogen and oxygen atoms in total. The van der Waals surface area contributed by atoms with Crippen molar-refractivity contribution in [2.75, 3.05) is 12.1 Å². The van der Waals surface area contributed by atoms with E-state index < -0.39 is 0 Å². The van der Waals surface area contributed by atoms with Gasteiger partial charge in [0.2, 0.25) is 6.79 Å². The van der Waals surface area contributed by atoms with Gasteiger partial charge in [-0.15, -0.1) is 0 Å². The molecule has 136 valence electrons. The molecule has 3 aromatic rings. The van der Waals surface area contributed by atoms with Gasteiger partial charge in [0.25, 0.3) is 5.91 Å². The lowest BCUT2D eigenvalue weighted by atomic mass is 10.2. The zero-order valence-electron chi connectivity index (χ0n) is 14.3. The second-order valence-electron chi connectivity index (χ2n) is 6.62. The van der Waals surface area contributed by atoms with E-state index in [1.807, 2.05) is 36.4 Å². The van der Waals surface area contributed by atoms with Crippen LogP contribution in [-0.4, -0.2) is 22.5 Å². The summed E-state index contributed by atoms with van der Waals surface area (Å²) in [6, 6.07) is 14.8. The average molecular weight is 382 g/mol. The first kappa shape index (κ1) is 16.2.